The Morgan fingerprint density at radius 2 is 1.69 bits per heavy atom. The lowest BCUT2D eigenvalue weighted by atomic mass is 10.2. The van der Waals surface area contributed by atoms with E-state index in [9.17, 15) is 4.79 Å². The van der Waals surface area contributed by atoms with Crippen LogP contribution < -0.4 is 9.80 Å². The maximum atomic E-state index is 12.9. The first-order chi connectivity index (χ1) is 12.4. The lowest BCUT2D eigenvalue weighted by Gasteiger charge is -2.36. The van der Waals surface area contributed by atoms with E-state index in [1.807, 2.05) is 44.7 Å². The minimum absolute atomic E-state index is 0.0111. The van der Waals surface area contributed by atoms with Crippen molar-refractivity contribution in [2.24, 2.45) is 0 Å². The van der Waals surface area contributed by atoms with E-state index >= 15 is 0 Å². The van der Waals surface area contributed by atoms with Crippen LogP contribution in [0, 0.1) is 20.8 Å². The minimum Gasteiger partial charge on any atom is -0.353 e. The van der Waals surface area contributed by atoms with E-state index in [1.54, 1.807) is 12.5 Å². The first kappa shape index (κ1) is 18.0. The van der Waals surface area contributed by atoms with Gasteiger partial charge in [-0.05, 0) is 20.8 Å². The molecule has 8 heteroatoms. The molecule has 1 fully saturated rings. The third kappa shape index (κ3) is 3.44. The average Bonchev–Trinajstić information content (AvgIpc) is 2.63. The smallest absolute Gasteiger partial charge is 0.257 e. The second-order valence-corrected chi connectivity index (χ2v) is 6.75. The summed E-state index contributed by atoms with van der Waals surface area (Å²) in [7, 11) is 3.76. The number of anilines is 2. The van der Waals surface area contributed by atoms with Crippen LogP contribution in [0.25, 0.3) is 0 Å². The zero-order chi connectivity index (χ0) is 18.8. The molecule has 0 saturated carbocycles. The molecule has 1 aliphatic rings. The average molecular weight is 355 g/mol. The molecule has 1 saturated heterocycles. The van der Waals surface area contributed by atoms with Crippen molar-refractivity contribution < 1.29 is 4.79 Å². The molecule has 0 N–H and O–H groups in total. The van der Waals surface area contributed by atoms with Gasteiger partial charge in [0, 0.05) is 57.7 Å². The number of amides is 1. The van der Waals surface area contributed by atoms with Gasteiger partial charge in [0.2, 0.25) is 5.95 Å². The van der Waals surface area contributed by atoms with E-state index in [1.165, 1.54) is 0 Å². The summed E-state index contributed by atoms with van der Waals surface area (Å²) in [5.74, 6) is 1.56. The summed E-state index contributed by atoms with van der Waals surface area (Å²) in [5.41, 5.74) is 3.36. The van der Waals surface area contributed by atoms with Gasteiger partial charge in [-0.25, -0.2) is 19.9 Å². The number of hydrogen-bond donors (Lipinski definition) is 0. The highest BCUT2D eigenvalue weighted by Gasteiger charge is 2.25. The predicted molar refractivity (Wildman–Crippen MR) is 101 cm³/mol. The lowest BCUT2D eigenvalue weighted by molar-refractivity contribution is 0.0745. The summed E-state index contributed by atoms with van der Waals surface area (Å²) in [6.07, 6.45) is 3.23. The largest absolute Gasteiger partial charge is 0.353 e. The molecule has 0 unspecified atom stereocenters. The topological polar surface area (TPSA) is 78.4 Å². The highest BCUT2D eigenvalue weighted by Crippen LogP contribution is 2.20. The molecule has 2 aromatic heterocycles. The molecule has 0 atom stereocenters. The third-order valence-corrected chi connectivity index (χ3v) is 4.77. The Bertz CT molecular complexity index is 813. The standard InChI is InChI=1S/C18H25N7O/c1-12-13(2)20-11-21-16(12)24-6-8-25(9-7-24)17(26)15-10-19-18(23(4)5)22-14(15)3/h10-11H,6-9H2,1-5H3. The number of piperazine rings is 1. The summed E-state index contributed by atoms with van der Waals surface area (Å²) in [4.78, 5) is 36.1. The van der Waals surface area contributed by atoms with Crippen LogP contribution in [0.3, 0.4) is 0 Å². The Morgan fingerprint density at radius 1 is 1.00 bits per heavy atom. The molecular weight excluding hydrogens is 330 g/mol. The Morgan fingerprint density at radius 3 is 2.31 bits per heavy atom. The predicted octanol–water partition coefficient (Wildman–Crippen LogP) is 1.22. The van der Waals surface area contributed by atoms with Gasteiger partial charge in [0.15, 0.2) is 0 Å². The summed E-state index contributed by atoms with van der Waals surface area (Å²) in [5, 5.41) is 0. The molecule has 3 heterocycles. The fourth-order valence-electron chi connectivity index (χ4n) is 3.02. The van der Waals surface area contributed by atoms with Crippen LogP contribution in [0.4, 0.5) is 11.8 Å². The second kappa shape index (κ2) is 7.23. The van der Waals surface area contributed by atoms with E-state index in [0.29, 0.717) is 30.3 Å². The summed E-state index contributed by atoms with van der Waals surface area (Å²) < 4.78 is 0. The normalized spacial score (nSPS) is 14.5. The molecule has 0 aliphatic carbocycles. The second-order valence-electron chi connectivity index (χ2n) is 6.75. The Kier molecular flexibility index (Phi) is 5.01. The molecule has 0 bridgehead atoms. The van der Waals surface area contributed by atoms with E-state index in [0.717, 1.165) is 30.2 Å². The molecule has 138 valence electrons. The first-order valence-corrected chi connectivity index (χ1v) is 8.72. The van der Waals surface area contributed by atoms with Gasteiger partial charge >= 0.3 is 0 Å². The Hall–Kier alpha value is -2.77. The molecule has 3 rings (SSSR count). The van der Waals surface area contributed by atoms with Crippen molar-refractivity contribution in [2.45, 2.75) is 20.8 Å². The zero-order valence-corrected chi connectivity index (χ0v) is 16.0. The van der Waals surface area contributed by atoms with Crippen molar-refractivity contribution in [1.29, 1.82) is 0 Å². The monoisotopic (exact) mass is 355 g/mol. The van der Waals surface area contributed by atoms with Gasteiger partial charge < -0.3 is 14.7 Å². The number of rotatable bonds is 3. The highest BCUT2D eigenvalue weighted by molar-refractivity contribution is 5.95. The number of hydrogen-bond acceptors (Lipinski definition) is 7. The summed E-state index contributed by atoms with van der Waals surface area (Å²) >= 11 is 0. The summed E-state index contributed by atoms with van der Waals surface area (Å²) in [6.45, 7) is 8.67. The minimum atomic E-state index is -0.0111. The number of aryl methyl sites for hydroxylation is 2. The van der Waals surface area contributed by atoms with Crippen molar-refractivity contribution in [1.82, 2.24) is 24.8 Å². The van der Waals surface area contributed by atoms with E-state index in [-0.39, 0.29) is 5.91 Å². The Labute approximate surface area is 153 Å². The highest BCUT2D eigenvalue weighted by atomic mass is 16.2. The SMILES string of the molecule is Cc1nc(N(C)C)ncc1C(=O)N1CCN(c2ncnc(C)c2C)CC1. The fraction of sp³-hybridized carbons (Fsp3) is 0.500. The molecule has 26 heavy (non-hydrogen) atoms. The molecule has 0 aromatic carbocycles. The molecule has 1 amide bonds. The zero-order valence-electron chi connectivity index (χ0n) is 16.0. The van der Waals surface area contributed by atoms with Crippen LogP contribution in [0.1, 0.15) is 27.3 Å². The molecule has 0 spiro atoms. The first-order valence-electron chi connectivity index (χ1n) is 8.72. The van der Waals surface area contributed by atoms with E-state index < -0.39 is 0 Å². The molecule has 2 aromatic rings. The van der Waals surface area contributed by atoms with Gasteiger partial charge in [0.25, 0.3) is 5.91 Å². The number of aromatic nitrogens is 4. The quantitative estimate of drug-likeness (QED) is 0.819. The third-order valence-electron chi connectivity index (χ3n) is 4.77. The molecule has 0 radical (unpaired) electrons. The van der Waals surface area contributed by atoms with Gasteiger partial charge in [-0.1, -0.05) is 0 Å². The van der Waals surface area contributed by atoms with Gasteiger partial charge in [-0.15, -0.1) is 0 Å². The van der Waals surface area contributed by atoms with Crippen LogP contribution in [0.2, 0.25) is 0 Å². The van der Waals surface area contributed by atoms with Gasteiger partial charge in [0.05, 0.1) is 11.3 Å². The maximum absolute atomic E-state index is 12.9. The molecular formula is C18H25N7O. The van der Waals surface area contributed by atoms with E-state index in [2.05, 4.69) is 24.8 Å². The van der Waals surface area contributed by atoms with Crippen molar-refractivity contribution in [2.75, 3.05) is 50.1 Å². The van der Waals surface area contributed by atoms with Crippen molar-refractivity contribution in [3.05, 3.63) is 35.0 Å². The van der Waals surface area contributed by atoms with Crippen LogP contribution in [-0.2, 0) is 0 Å². The fourth-order valence-corrected chi connectivity index (χ4v) is 3.02. The van der Waals surface area contributed by atoms with E-state index in [4.69, 9.17) is 0 Å². The maximum Gasteiger partial charge on any atom is 0.257 e. The number of carbonyl (C=O) groups excluding carboxylic acids is 1. The van der Waals surface area contributed by atoms with Crippen LogP contribution >= 0.6 is 0 Å². The Balaban J connectivity index is 1.70. The summed E-state index contributed by atoms with van der Waals surface area (Å²) in [6, 6.07) is 0. The van der Waals surface area contributed by atoms with Crippen molar-refractivity contribution in [3.63, 3.8) is 0 Å². The number of carbonyl (C=O) groups is 1. The molecule has 1 aliphatic heterocycles. The van der Waals surface area contributed by atoms with Gasteiger partial charge in [-0.3, -0.25) is 4.79 Å². The van der Waals surface area contributed by atoms with Crippen molar-refractivity contribution in [3.8, 4) is 0 Å². The van der Waals surface area contributed by atoms with Gasteiger partial charge in [-0.2, -0.15) is 0 Å². The lowest BCUT2D eigenvalue weighted by Crippen LogP contribution is -2.49. The molecule has 8 nitrogen and oxygen atoms in total. The van der Waals surface area contributed by atoms with Crippen molar-refractivity contribution >= 4 is 17.7 Å². The number of nitrogens with zero attached hydrogens (tertiary/aromatic N) is 7. The van der Waals surface area contributed by atoms with Crippen LogP contribution in [0.15, 0.2) is 12.5 Å². The van der Waals surface area contributed by atoms with Gasteiger partial charge in [0.1, 0.15) is 12.1 Å². The van der Waals surface area contributed by atoms with Crippen LogP contribution in [0.5, 0.6) is 0 Å². The van der Waals surface area contributed by atoms with Crippen LogP contribution in [-0.4, -0.2) is 71.0 Å².